The molecule has 1 aliphatic rings. The molecule has 2 heterocycles. The lowest BCUT2D eigenvalue weighted by molar-refractivity contribution is 0.212. The molecule has 1 fully saturated rings. The van der Waals surface area contributed by atoms with Crippen LogP contribution in [0, 0.1) is 29.1 Å². The van der Waals surface area contributed by atoms with E-state index in [4.69, 9.17) is 5.26 Å². The van der Waals surface area contributed by atoms with E-state index in [0.29, 0.717) is 12.1 Å². The van der Waals surface area contributed by atoms with Crippen LogP contribution in [0.4, 0.5) is 5.69 Å². The number of anilines is 1. The van der Waals surface area contributed by atoms with E-state index in [1.165, 1.54) is 48.8 Å². The normalized spacial score (nSPS) is 14.7. The van der Waals surface area contributed by atoms with Crippen molar-refractivity contribution in [1.82, 2.24) is 9.47 Å². The number of likely N-dealkylation sites (tertiary alicyclic amines) is 1. The van der Waals surface area contributed by atoms with Gasteiger partial charge in [-0.25, -0.2) is 0 Å². The lowest BCUT2D eigenvalue weighted by Crippen LogP contribution is -2.30. The highest BCUT2D eigenvalue weighted by molar-refractivity contribution is 5.83. The number of aromatic nitrogens is 1. The molecule has 1 N–H and O–H groups in total. The second-order valence-electron chi connectivity index (χ2n) is 8.80. The van der Waals surface area contributed by atoms with Crippen LogP contribution in [0.15, 0.2) is 48.5 Å². The third-order valence-corrected chi connectivity index (χ3v) is 6.57. The van der Waals surface area contributed by atoms with Gasteiger partial charge in [0.05, 0.1) is 23.9 Å². The van der Waals surface area contributed by atoms with E-state index in [0.717, 1.165) is 30.3 Å². The SMILES string of the molecule is CCn1c(C#CCNc2ccc(C#N)cc2)cc2cc(CCC3CCN(C)CC3)ccc21. The lowest BCUT2D eigenvalue weighted by atomic mass is 9.90. The van der Waals surface area contributed by atoms with E-state index in [-0.39, 0.29) is 0 Å². The summed E-state index contributed by atoms with van der Waals surface area (Å²) < 4.78 is 2.30. The molecule has 0 amide bonds. The second-order valence-corrected chi connectivity index (χ2v) is 8.80. The molecule has 32 heavy (non-hydrogen) atoms. The highest BCUT2D eigenvalue weighted by Gasteiger charge is 2.16. The van der Waals surface area contributed by atoms with Crippen molar-refractivity contribution in [3.8, 4) is 17.9 Å². The lowest BCUT2D eigenvalue weighted by Gasteiger charge is -2.28. The van der Waals surface area contributed by atoms with Crippen LogP contribution in [-0.2, 0) is 13.0 Å². The van der Waals surface area contributed by atoms with E-state index in [1.54, 1.807) is 0 Å². The quantitative estimate of drug-likeness (QED) is 0.548. The summed E-state index contributed by atoms with van der Waals surface area (Å²) in [6, 6.07) is 18.7. The number of hydrogen-bond acceptors (Lipinski definition) is 3. The molecule has 0 saturated carbocycles. The molecule has 3 aromatic rings. The molecule has 4 rings (SSSR count). The van der Waals surface area contributed by atoms with Crippen molar-refractivity contribution in [2.45, 2.75) is 39.2 Å². The highest BCUT2D eigenvalue weighted by atomic mass is 15.1. The number of aryl methyl sites for hydroxylation is 2. The molecule has 0 radical (unpaired) electrons. The van der Waals surface area contributed by atoms with Gasteiger partial charge in [-0.1, -0.05) is 12.0 Å². The number of nitrogens with one attached hydrogen (secondary N) is 1. The van der Waals surface area contributed by atoms with Crippen molar-refractivity contribution in [3.05, 3.63) is 65.4 Å². The van der Waals surface area contributed by atoms with Gasteiger partial charge in [0.2, 0.25) is 0 Å². The van der Waals surface area contributed by atoms with Crippen molar-refractivity contribution < 1.29 is 0 Å². The number of nitrogens with zero attached hydrogens (tertiary/aromatic N) is 3. The van der Waals surface area contributed by atoms with Gasteiger partial charge in [-0.05, 0) is 113 Å². The Morgan fingerprint density at radius 1 is 1.06 bits per heavy atom. The van der Waals surface area contributed by atoms with Crippen molar-refractivity contribution >= 4 is 16.6 Å². The third kappa shape index (κ3) is 5.34. The van der Waals surface area contributed by atoms with E-state index < -0.39 is 0 Å². The second kappa shape index (κ2) is 10.4. The Morgan fingerprint density at radius 2 is 1.84 bits per heavy atom. The van der Waals surface area contributed by atoms with E-state index >= 15 is 0 Å². The summed E-state index contributed by atoms with van der Waals surface area (Å²) in [6.45, 7) is 6.13. The van der Waals surface area contributed by atoms with Gasteiger partial charge < -0.3 is 14.8 Å². The predicted molar refractivity (Wildman–Crippen MR) is 133 cm³/mol. The number of hydrogen-bond donors (Lipinski definition) is 1. The minimum absolute atomic E-state index is 0.568. The van der Waals surface area contributed by atoms with Gasteiger partial charge in [0, 0.05) is 23.1 Å². The Labute approximate surface area is 191 Å². The van der Waals surface area contributed by atoms with Gasteiger partial charge in [-0.15, -0.1) is 0 Å². The van der Waals surface area contributed by atoms with Gasteiger partial charge in [-0.2, -0.15) is 5.26 Å². The summed E-state index contributed by atoms with van der Waals surface area (Å²) in [4.78, 5) is 2.44. The Balaban J connectivity index is 1.40. The maximum atomic E-state index is 8.90. The van der Waals surface area contributed by atoms with Gasteiger partial charge in [0.1, 0.15) is 0 Å². The molecule has 4 heteroatoms. The molecular formula is C28H32N4. The summed E-state index contributed by atoms with van der Waals surface area (Å²) in [6.07, 6.45) is 5.13. The third-order valence-electron chi connectivity index (χ3n) is 6.57. The molecule has 1 saturated heterocycles. The Bertz CT molecular complexity index is 1150. The zero-order valence-corrected chi connectivity index (χ0v) is 19.2. The van der Waals surface area contributed by atoms with Gasteiger partial charge >= 0.3 is 0 Å². The standard InChI is InChI=1S/C28H32N4/c1-3-32-27(5-4-16-30-26-11-8-24(21-29)9-12-26)20-25-19-23(10-13-28(25)32)7-6-22-14-17-31(2)18-15-22/h8-13,19-20,22,30H,3,6-7,14-18H2,1-2H3. The topological polar surface area (TPSA) is 44.0 Å². The predicted octanol–water partition coefficient (Wildman–Crippen LogP) is 5.27. The fourth-order valence-electron chi connectivity index (χ4n) is 4.59. The average molecular weight is 425 g/mol. The minimum Gasteiger partial charge on any atom is -0.374 e. The minimum atomic E-state index is 0.568. The first kappa shape index (κ1) is 22.0. The molecule has 4 nitrogen and oxygen atoms in total. The molecule has 1 aliphatic heterocycles. The molecule has 0 spiro atoms. The molecular weight excluding hydrogens is 392 g/mol. The largest absolute Gasteiger partial charge is 0.374 e. The molecule has 0 bridgehead atoms. The van der Waals surface area contributed by atoms with Crippen LogP contribution < -0.4 is 5.32 Å². The number of fused-ring (bicyclic) bond motifs is 1. The Morgan fingerprint density at radius 3 is 2.56 bits per heavy atom. The van der Waals surface area contributed by atoms with Crippen molar-refractivity contribution in [2.75, 3.05) is 32.0 Å². The summed E-state index contributed by atoms with van der Waals surface area (Å²) in [5.74, 6) is 7.46. The van der Waals surface area contributed by atoms with Gasteiger partial charge in [-0.3, -0.25) is 0 Å². The monoisotopic (exact) mass is 424 g/mol. The first-order chi connectivity index (χ1) is 15.7. The summed E-state index contributed by atoms with van der Waals surface area (Å²) in [5, 5.41) is 13.5. The van der Waals surface area contributed by atoms with Crippen LogP contribution in [0.3, 0.4) is 0 Å². The van der Waals surface area contributed by atoms with Crippen LogP contribution in [0.5, 0.6) is 0 Å². The van der Waals surface area contributed by atoms with Crippen LogP contribution in [0.25, 0.3) is 10.9 Å². The zero-order chi connectivity index (χ0) is 22.3. The van der Waals surface area contributed by atoms with Crippen molar-refractivity contribution in [2.24, 2.45) is 5.92 Å². The Kier molecular flexibility index (Phi) is 7.15. The number of rotatable bonds is 6. The first-order valence-electron chi connectivity index (χ1n) is 11.7. The number of benzene rings is 2. The fraction of sp³-hybridized carbons (Fsp3) is 0.393. The van der Waals surface area contributed by atoms with E-state index in [1.807, 2.05) is 24.3 Å². The first-order valence-corrected chi connectivity index (χ1v) is 11.7. The maximum Gasteiger partial charge on any atom is 0.0991 e. The number of nitriles is 1. The van der Waals surface area contributed by atoms with Crippen LogP contribution in [0.2, 0.25) is 0 Å². The molecule has 0 atom stereocenters. The van der Waals surface area contributed by atoms with Crippen LogP contribution in [-0.4, -0.2) is 36.1 Å². The summed E-state index contributed by atoms with van der Waals surface area (Å²) in [7, 11) is 2.23. The van der Waals surface area contributed by atoms with Crippen LogP contribution in [0.1, 0.15) is 43.0 Å². The zero-order valence-electron chi connectivity index (χ0n) is 19.2. The highest BCUT2D eigenvalue weighted by Crippen LogP contribution is 2.25. The maximum absolute atomic E-state index is 8.90. The molecule has 0 unspecified atom stereocenters. The van der Waals surface area contributed by atoms with E-state index in [9.17, 15) is 0 Å². The summed E-state index contributed by atoms with van der Waals surface area (Å²) >= 11 is 0. The fourth-order valence-corrected chi connectivity index (χ4v) is 4.59. The van der Waals surface area contributed by atoms with Gasteiger partial charge in [0.25, 0.3) is 0 Å². The Hall–Kier alpha value is -3.21. The molecule has 1 aromatic heterocycles. The smallest absolute Gasteiger partial charge is 0.0991 e. The average Bonchev–Trinajstić information content (AvgIpc) is 3.18. The van der Waals surface area contributed by atoms with Crippen molar-refractivity contribution in [1.29, 1.82) is 5.26 Å². The molecule has 0 aliphatic carbocycles. The van der Waals surface area contributed by atoms with Gasteiger partial charge in [0.15, 0.2) is 0 Å². The number of piperidine rings is 1. The summed E-state index contributed by atoms with van der Waals surface area (Å²) in [5.41, 5.74) is 5.41. The van der Waals surface area contributed by atoms with Crippen LogP contribution >= 0.6 is 0 Å². The van der Waals surface area contributed by atoms with E-state index in [2.05, 4.69) is 70.9 Å². The molecule has 164 valence electrons. The molecule has 2 aromatic carbocycles. The van der Waals surface area contributed by atoms with Crippen molar-refractivity contribution in [3.63, 3.8) is 0 Å².